The van der Waals surface area contributed by atoms with Crippen LogP contribution >= 0.6 is 11.6 Å². The van der Waals surface area contributed by atoms with Crippen LogP contribution in [0.5, 0.6) is 11.5 Å². The molecule has 1 heterocycles. The minimum Gasteiger partial charge on any atom is -0.490 e. The Kier molecular flexibility index (Phi) is 6.31. The second-order valence-corrected chi connectivity index (χ2v) is 7.68. The Morgan fingerprint density at radius 2 is 1.68 bits per heavy atom. The monoisotopic (exact) mass is 398 g/mol. The number of rotatable bonds is 7. The zero-order valence-corrected chi connectivity index (χ0v) is 16.9. The fourth-order valence-electron chi connectivity index (χ4n) is 2.50. The van der Waals surface area contributed by atoms with Gasteiger partial charge in [-0.1, -0.05) is 44.5 Å². The Morgan fingerprint density at radius 3 is 2.36 bits per heavy atom. The van der Waals surface area contributed by atoms with Crippen LogP contribution in [0, 0.1) is 0 Å². The van der Waals surface area contributed by atoms with Crippen molar-refractivity contribution < 1.29 is 9.47 Å². The van der Waals surface area contributed by atoms with Gasteiger partial charge in [-0.2, -0.15) is 5.10 Å². The third-order valence-corrected chi connectivity index (χ3v) is 4.27. The van der Waals surface area contributed by atoms with Gasteiger partial charge in [0.25, 0.3) is 0 Å². The van der Waals surface area contributed by atoms with E-state index in [4.69, 9.17) is 21.1 Å². The molecular weight excluding hydrogens is 376 g/mol. The molecule has 146 valence electrons. The van der Waals surface area contributed by atoms with Crippen molar-refractivity contribution >= 4 is 17.8 Å². The molecule has 0 N–H and O–H groups in total. The molecule has 6 nitrogen and oxygen atoms in total. The van der Waals surface area contributed by atoms with E-state index in [1.165, 1.54) is 22.9 Å². The number of hydrogen-bond acceptors (Lipinski definition) is 5. The van der Waals surface area contributed by atoms with Gasteiger partial charge < -0.3 is 9.47 Å². The molecule has 0 atom stereocenters. The standard InChI is InChI=1S/C21H23ClN4O2/c1-21(2,3)17-4-7-19(8-5-17)27-10-11-28-20-9-6-18(22)12-16(20)13-25-26-14-23-24-15-26/h4-9,12-15H,10-11H2,1-3H3. The molecule has 0 aliphatic heterocycles. The molecule has 0 unspecified atom stereocenters. The summed E-state index contributed by atoms with van der Waals surface area (Å²) in [7, 11) is 0. The summed E-state index contributed by atoms with van der Waals surface area (Å²) in [5, 5.41) is 12.3. The van der Waals surface area contributed by atoms with E-state index in [1.807, 2.05) is 18.2 Å². The van der Waals surface area contributed by atoms with E-state index in [9.17, 15) is 0 Å². The van der Waals surface area contributed by atoms with Gasteiger partial charge in [0.2, 0.25) is 0 Å². The predicted octanol–water partition coefficient (Wildman–Crippen LogP) is 4.57. The van der Waals surface area contributed by atoms with Crippen molar-refractivity contribution in [3.63, 3.8) is 0 Å². The van der Waals surface area contributed by atoms with Gasteiger partial charge >= 0.3 is 0 Å². The van der Waals surface area contributed by atoms with Gasteiger partial charge in [0.1, 0.15) is 37.4 Å². The molecule has 0 bridgehead atoms. The molecule has 0 spiro atoms. The van der Waals surface area contributed by atoms with Crippen LogP contribution in [-0.2, 0) is 5.41 Å². The van der Waals surface area contributed by atoms with Gasteiger partial charge in [0.05, 0.1) is 6.21 Å². The predicted molar refractivity (Wildman–Crippen MR) is 111 cm³/mol. The third kappa shape index (κ3) is 5.57. The smallest absolute Gasteiger partial charge is 0.141 e. The van der Waals surface area contributed by atoms with Gasteiger partial charge in [0, 0.05) is 10.6 Å². The van der Waals surface area contributed by atoms with E-state index in [2.05, 4.69) is 48.2 Å². The van der Waals surface area contributed by atoms with Crippen molar-refractivity contribution in [2.45, 2.75) is 26.2 Å². The number of benzene rings is 2. The molecule has 3 rings (SSSR count). The third-order valence-electron chi connectivity index (χ3n) is 4.04. The minimum atomic E-state index is 0.126. The Hall–Kier alpha value is -2.86. The first kappa shape index (κ1) is 19.9. The molecule has 2 aromatic carbocycles. The van der Waals surface area contributed by atoms with Crippen molar-refractivity contribution in [1.82, 2.24) is 14.9 Å². The first-order chi connectivity index (χ1) is 13.4. The molecular formula is C21H23ClN4O2. The van der Waals surface area contributed by atoms with E-state index >= 15 is 0 Å². The summed E-state index contributed by atoms with van der Waals surface area (Å²) in [6.07, 6.45) is 4.65. The second kappa shape index (κ2) is 8.89. The zero-order chi connectivity index (χ0) is 20.0. The molecule has 3 aromatic rings. The second-order valence-electron chi connectivity index (χ2n) is 7.24. The van der Waals surface area contributed by atoms with E-state index in [1.54, 1.807) is 18.3 Å². The van der Waals surface area contributed by atoms with E-state index in [0.717, 1.165) is 11.3 Å². The summed E-state index contributed by atoms with van der Waals surface area (Å²) in [4.78, 5) is 0. The molecule has 0 saturated heterocycles. The Balaban J connectivity index is 1.56. The number of hydrogen-bond donors (Lipinski definition) is 0. The molecule has 7 heteroatoms. The summed E-state index contributed by atoms with van der Waals surface area (Å²) in [6, 6.07) is 13.5. The highest BCUT2D eigenvalue weighted by Crippen LogP contribution is 2.24. The number of ether oxygens (including phenoxy) is 2. The lowest BCUT2D eigenvalue weighted by molar-refractivity contribution is 0.217. The summed E-state index contributed by atoms with van der Waals surface area (Å²) in [6.45, 7) is 7.39. The molecule has 28 heavy (non-hydrogen) atoms. The maximum absolute atomic E-state index is 6.09. The Labute approximate surface area is 169 Å². The van der Waals surface area contributed by atoms with Crippen LogP contribution < -0.4 is 9.47 Å². The molecule has 0 radical (unpaired) electrons. The van der Waals surface area contributed by atoms with Gasteiger partial charge in [-0.3, -0.25) is 0 Å². The largest absolute Gasteiger partial charge is 0.490 e. The van der Waals surface area contributed by atoms with Crippen LogP contribution in [0.2, 0.25) is 5.02 Å². The van der Waals surface area contributed by atoms with Gasteiger partial charge in [-0.25, -0.2) is 4.68 Å². The molecule has 0 aliphatic rings. The lowest BCUT2D eigenvalue weighted by atomic mass is 9.87. The normalized spacial score (nSPS) is 11.7. The first-order valence-electron chi connectivity index (χ1n) is 8.96. The zero-order valence-electron chi connectivity index (χ0n) is 16.2. The molecule has 1 aromatic heterocycles. The lowest BCUT2D eigenvalue weighted by Gasteiger charge is -2.19. The fourth-order valence-corrected chi connectivity index (χ4v) is 2.68. The van der Waals surface area contributed by atoms with Crippen molar-refractivity contribution in [1.29, 1.82) is 0 Å². The highest BCUT2D eigenvalue weighted by atomic mass is 35.5. The van der Waals surface area contributed by atoms with Crippen molar-refractivity contribution in [2.24, 2.45) is 5.10 Å². The maximum atomic E-state index is 6.09. The van der Waals surface area contributed by atoms with Crippen LogP contribution in [0.15, 0.2) is 60.2 Å². The quantitative estimate of drug-likeness (QED) is 0.432. The van der Waals surface area contributed by atoms with Crippen molar-refractivity contribution in [2.75, 3.05) is 13.2 Å². The highest BCUT2D eigenvalue weighted by Gasteiger charge is 2.13. The van der Waals surface area contributed by atoms with Gasteiger partial charge in [-0.15, -0.1) is 10.2 Å². The van der Waals surface area contributed by atoms with Crippen molar-refractivity contribution in [3.8, 4) is 11.5 Å². The lowest BCUT2D eigenvalue weighted by Crippen LogP contribution is -2.12. The maximum Gasteiger partial charge on any atom is 0.141 e. The molecule has 0 aliphatic carbocycles. The van der Waals surface area contributed by atoms with E-state index < -0.39 is 0 Å². The summed E-state index contributed by atoms with van der Waals surface area (Å²) in [5.41, 5.74) is 2.16. The SMILES string of the molecule is CC(C)(C)c1ccc(OCCOc2ccc(Cl)cc2C=Nn2cnnc2)cc1. The van der Waals surface area contributed by atoms with Crippen LogP contribution in [0.3, 0.4) is 0 Å². The van der Waals surface area contributed by atoms with Crippen LogP contribution in [0.1, 0.15) is 31.9 Å². The Morgan fingerprint density at radius 1 is 1.00 bits per heavy atom. The van der Waals surface area contributed by atoms with Crippen LogP contribution in [-0.4, -0.2) is 34.3 Å². The average molecular weight is 399 g/mol. The van der Waals surface area contributed by atoms with E-state index in [-0.39, 0.29) is 5.41 Å². The van der Waals surface area contributed by atoms with E-state index in [0.29, 0.717) is 24.0 Å². The summed E-state index contributed by atoms with van der Waals surface area (Å²) < 4.78 is 13.1. The number of aromatic nitrogens is 3. The topological polar surface area (TPSA) is 61.5 Å². The van der Waals surface area contributed by atoms with Crippen LogP contribution in [0.25, 0.3) is 0 Å². The Bertz CT molecular complexity index is 917. The fraction of sp³-hybridized carbons (Fsp3) is 0.286. The van der Waals surface area contributed by atoms with Crippen LogP contribution in [0.4, 0.5) is 0 Å². The summed E-state index contributed by atoms with van der Waals surface area (Å²) in [5.74, 6) is 1.50. The minimum absolute atomic E-state index is 0.126. The highest BCUT2D eigenvalue weighted by molar-refractivity contribution is 6.30. The van der Waals surface area contributed by atoms with Gasteiger partial charge in [0.15, 0.2) is 0 Å². The van der Waals surface area contributed by atoms with Crippen molar-refractivity contribution in [3.05, 3.63) is 71.3 Å². The summed E-state index contributed by atoms with van der Waals surface area (Å²) >= 11 is 6.09. The molecule has 0 amide bonds. The number of nitrogens with zero attached hydrogens (tertiary/aromatic N) is 4. The molecule has 0 saturated carbocycles. The average Bonchev–Trinajstić information content (AvgIpc) is 3.18. The first-order valence-corrected chi connectivity index (χ1v) is 9.34. The number of halogens is 1. The molecule has 0 fully saturated rings. The van der Waals surface area contributed by atoms with Gasteiger partial charge in [-0.05, 0) is 41.3 Å².